The molecule has 1 aromatic rings. The maximum Gasteiger partial charge on any atom is 0.251 e. The fraction of sp³-hybridized carbons (Fsp3) is 0.154. The van der Waals surface area contributed by atoms with Crippen LogP contribution in [0.15, 0.2) is 49.1 Å². The summed E-state index contributed by atoms with van der Waals surface area (Å²) in [6.07, 6.45) is 1.62. The third-order valence-electron chi connectivity index (χ3n) is 2.12. The van der Waals surface area contributed by atoms with Gasteiger partial charge in [-0.3, -0.25) is 4.79 Å². The normalized spacial score (nSPS) is 9.31. The van der Waals surface area contributed by atoms with Crippen molar-refractivity contribution >= 4 is 5.91 Å². The minimum atomic E-state index is -0.134. The summed E-state index contributed by atoms with van der Waals surface area (Å²) >= 11 is 0. The first-order chi connectivity index (χ1) is 7.67. The molecule has 1 aromatic carbocycles. The average molecular weight is 217 g/mol. The van der Waals surface area contributed by atoms with Gasteiger partial charge in [0.2, 0.25) is 0 Å². The molecule has 0 saturated carbocycles. The smallest absolute Gasteiger partial charge is 0.251 e. The number of carbonyl (C=O) groups excluding carboxylic acids is 1. The molecule has 1 rings (SSSR count). The van der Waals surface area contributed by atoms with Crippen molar-refractivity contribution in [2.45, 2.75) is 0 Å². The van der Waals surface area contributed by atoms with Crippen LogP contribution in [0.2, 0.25) is 0 Å². The Bertz CT molecular complexity index is 393. The molecule has 0 aliphatic heterocycles. The van der Waals surface area contributed by atoms with Crippen LogP contribution in [-0.4, -0.2) is 19.6 Å². The molecule has 0 aliphatic carbocycles. The first-order valence-electron chi connectivity index (χ1n) is 4.90. The molecule has 0 radical (unpaired) electrons. The van der Waals surface area contributed by atoms with Crippen LogP contribution in [0.4, 0.5) is 0 Å². The van der Waals surface area contributed by atoms with Gasteiger partial charge in [0.1, 0.15) is 5.75 Å². The van der Waals surface area contributed by atoms with Crippen molar-refractivity contribution in [1.29, 1.82) is 0 Å². The topological polar surface area (TPSA) is 38.3 Å². The molecule has 1 amide bonds. The lowest BCUT2D eigenvalue weighted by Crippen LogP contribution is -2.24. The van der Waals surface area contributed by atoms with Crippen molar-refractivity contribution in [3.8, 4) is 5.75 Å². The standard InChI is InChI=1S/C13H15NO2/c1-4-10(2)9-14-13(15)11-5-7-12(16-3)8-6-11/h4-8H,1-2,9H2,3H3,(H,14,15). The Morgan fingerprint density at radius 1 is 1.44 bits per heavy atom. The number of nitrogens with one attached hydrogen (secondary N) is 1. The predicted octanol–water partition coefficient (Wildman–Crippen LogP) is 2.17. The molecule has 0 aromatic heterocycles. The van der Waals surface area contributed by atoms with Crippen LogP contribution in [0, 0.1) is 0 Å². The van der Waals surface area contributed by atoms with Gasteiger partial charge in [0.15, 0.2) is 0 Å². The lowest BCUT2D eigenvalue weighted by Gasteiger charge is -2.05. The van der Waals surface area contributed by atoms with Crippen LogP contribution in [0.3, 0.4) is 0 Å². The number of hydrogen-bond acceptors (Lipinski definition) is 2. The van der Waals surface area contributed by atoms with E-state index in [0.29, 0.717) is 12.1 Å². The summed E-state index contributed by atoms with van der Waals surface area (Å²) in [7, 11) is 1.59. The maximum atomic E-state index is 11.6. The summed E-state index contributed by atoms with van der Waals surface area (Å²) in [5, 5.41) is 2.74. The Morgan fingerprint density at radius 2 is 2.06 bits per heavy atom. The van der Waals surface area contributed by atoms with E-state index in [1.165, 1.54) is 0 Å². The van der Waals surface area contributed by atoms with E-state index >= 15 is 0 Å². The first-order valence-corrected chi connectivity index (χ1v) is 4.90. The van der Waals surface area contributed by atoms with Crippen molar-refractivity contribution in [1.82, 2.24) is 5.32 Å². The van der Waals surface area contributed by atoms with Crippen LogP contribution < -0.4 is 10.1 Å². The molecule has 0 atom stereocenters. The predicted molar refractivity (Wildman–Crippen MR) is 64.7 cm³/mol. The van der Waals surface area contributed by atoms with Crippen molar-refractivity contribution < 1.29 is 9.53 Å². The molecule has 3 nitrogen and oxygen atoms in total. The molecule has 0 heterocycles. The highest BCUT2D eigenvalue weighted by Gasteiger charge is 2.04. The molecule has 0 saturated heterocycles. The Kier molecular flexibility index (Phi) is 4.33. The summed E-state index contributed by atoms with van der Waals surface area (Å²) in [4.78, 5) is 11.6. The number of hydrogen-bond donors (Lipinski definition) is 1. The zero-order valence-electron chi connectivity index (χ0n) is 9.32. The quantitative estimate of drug-likeness (QED) is 0.767. The van der Waals surface area contributed by atoms with Gasteiger partial charge in [-0.05, 0) is 29.8 Å². The summed E-state index contributed by atoms with van der Waals surface area (Å²) < 4.78 is 5.01. The van der Waals surface area contributed by atoms with Gasteiger partial charge in [0.05, 0.1) is 7.11 Å². The van der Waals surface area contributed by atoms with Gasteiger partial charge < -0.3 is 10.1 Å². The Balaban J connectivity index is 2.59. The number of ether oxygens (including phenoxy) is 1. The van der Waals surface area contributed by atoms with Gasteiger partial charge in [-0.25, -0.2) is 0 Å². The molecule has 1 N–H and O–H groups in total. The molecule has 16 heavy (non-hydrogen) atoms. The third-order valence-corrected chi connectivity index (χ3v) is 2.12. The Hall–Kier alpha value is -2.03. The summed E-state index contributed by atoms with van der Waals surface area (Å²) in [5.74, 6) is 0.595. The van der Waals surface area contributed by atoms with Gasteiger partial charge in [0.25, 0.3) is 5.91 Å². The summed E-state index contributed by atoms with van der Waals surface area (Å²) in [6, 6.07) is 6.92. The zero-order valence-corrected chi connectivity index (χ0v) is 9.32. The highest BCUT2D eigenvalue weighted by molar-refractivity contribution is 5.94. The van der Waals surface area contributed by atoms with E-state index < -0.39 is 0 Å². The van der Waals surface area contributed by atoms with E-state index in [1.807, 2.05) is 0 Å². The lowest BCUT2D eigenvalue weighted by molar-refractivity contribution is 0.0957. The number of methoxy groups -OCH3 is 1. The molecular weight excluding hydrogens is 202 g/mol. The molecule has 3 heteroatoms. The number of benzene rings is 1. The van der Waals surface area contributed by atoms with Gasteiger partial charge in [0, 0.05) is 12.1 Å². The van der Waals surface area contributed by atoms with E-state index in [1.54, 1.807) is 37.5 Å². The second-order valence-electron chi connectivity index (χ2n) is 3.27. The second kappa shape index (κ2) is 5.75. The second-order valence-corrected chi connectivity index (χ2v) is 3.27. The van der Waals surface area contributed by atoms with Gasteiger partial charge in [-0.2, -0.15) is 0 Å². The van der Waals surface area contributed by atoms with E-state index in [4.69, 9.17) is 4.74 Å². The summed E-state index contributed by atoms with van der Waals surface area (Å²) in [6.45, 7) is 7.69. The van der Waals surface area contributed by atoms with Crippen LogP contribution in [0.1, 0.15) is 10.4 Å². The minimum Gasteiger partial charge on any atom is -0.497 e. The van der Waals surface area contributed by atoms with E-state index in [2.05, 4.69) is 18.5 Å². The minimum absolute atomic E-state index is 0.134. The molecule has 0 fully saturated rings. The molecule has 0 unspecified atom stereocenters. The van der Waals surface area contributed by atoms with Crippen molar-refractivity contribution in [3.05, 3.63) is 54.6 Å². The third kappa shape index (κ3) is 3.28. The zero-order chi connectivity index (χ0) is 12.0. The van der Waals surface area contributed by atoms with Crippen molar-refractivity contribution in [3.63, 3.8) is 0 Å². The highest BCUT2D eigenvalue weighted by Crippen LogP contribution is 2.10. The van der Waals surface area contributed by atoms with Crippen LogP contribution in [-0.2, 0) is 0 Å². The van der Waals surface area contributed by atoms with Gasteiger partial charge >= 0.3 is 0 Å². The average Bonchev–Trinajstić information content (AvgIpc) is 2.35. The number of carbonyl (C=O) groups is 1. The Labute approximate surface area is 95.4 Å². The maximum absolute atomic E-state index is 11.6. The van der Waals surface area contributed by atoms with E-state index in [-0.39, 0.29) is 5.91 Å². The molecule has 0 aliphatic rings. The molecular formula is C13H15NO2. The van der Waals surface area contributed by atoms with Crippen LogP contribution in [0.25, 0.3) is 0 Å². The van der Waals surface area contributed by atoms with E-state index in [9.17, 15) is 4.79 Å². The van der Waals surface area contributed by atoms with E-state index in [0.717, 1.165) is 11.3 Å². The molecule has 84 valence electrons. The van der Waals surface area contributed by atoms with Gasteiger partial charge in [-0.15, -0.1) is 0 Å². The largest absolute Gasteiger partial charge is 0.497 e. The van der Waals surface area contributed by atoms with Crippen LogP contribution in [0.5, 0.6) is 5.75 Å². The van der Waals surface area contributed by atoms with Crippen molar-refractivity contribution in [2.75, 3.05) is 13.7 Å². The molecule has 0 bridgehead atoms. The highest BCUT2D eigenvalue weighted by atomic mass is 16.5. The number of rotatable bonds is 5. The van der Waals surface area contributed by atoms with Gasteiger partial charge in [-0.1, -0.05) is 19.2 Å². The van der Waals surface area contributed by atoms with Crippen molar-refractivity contribution in [2.24, 2.45) is 0 Å². The fourth-order valence-electron chi connectivity index (χ4n) is 1.11. The fourth-order valence-corrected chi connectivity index (χ4v) is 1.11. The summed E-state index contributed by atoms with van der Waals surface area (Å²) in [5.41, 5.74) is 1.37. The lowest BCUT2D eigenvalue weighted by atomic mass is 10.2. The number of amides is 1. The molecule has 0 spiro atoms. The SMILES string of the molecule is C=CC(=C)CNC(=O)c1ccc(OC)cc1. The Morgan fingerprint density at radius 3 is 2.56 bits per heavy atom. The first kappa shape index (κ1) is 12.0. The monoisotopic (exact) mass is 217 g/mol. The van der Waals surface area contributed by atoms with Crippen LogP contribution >= 0.6 is 0 Å².